The molecule has 31 heavy (non-hydrogen) atoms. The molecule has 164 valence electrons. The third kappa shape index (κ3) is 4.72. The topological polar surface area (TPSA) is 69.9 Å². The number of piperazine rings is 1. The summed E-state index contributed by atoms with van der Waals surface area (Å²) in [5, 5.41) is 12.4. The number of benzene rings is 2. The van der Waals surface area contributed by atoms with Gasteiger partial charge in [0.25, 0.3) is 11.6 Å². The van der Waals surface area contributed by atoms with Gasteiger partial charge in [0, 0.05) is 56.0 Å². The highest BCUT2D eigenvalue weighted by Crippen LogP contribution is 2.34. The first-order valence-electron chi connectivity index (χ1n) is 10.5. The van der Waals surface area contributed by atoms with Crippen LogP contribution in [0.3, 0.4) is 0 Å². The van der Waals surface area contributed by atoms with Crippen molar-refractivity contribution in [2.24, 2.45) is 0 Å². The fourth-order valence-electron chi connectivity index (χ4n) is 4.25. The molecule has 2 aliphatic rings. The van der Waals surface area contributed by atoms with Crippen molar-refractivity contribution in [3.63, 3.8) is 0 Å². The molecule has 2 aromatic carbocycles. The molecule has 7 nitrogen and oxygen atoms in total. The number of nitrogens with zero attached hydrogens (tertiary/aromatic N) is 4. The van der Waals surface area contributed by atoms with Crippen LogP contribution in [0.15, 0.2) is 36.4 Å². The van der Waals surface area contributed by atoms with Crippen molar-refractivity contribution in [2.75, 3.05) is 49.1 Å². The van der Waals surface area contributed by atoms with E-state index in [0.717, 1.165) is 38.0 Å². The van der Waals surface area contributed by atoms with Gasteiger partial charge in [0.05, 0.1) is 15.5 Å². The minimum atomic E-state index is -0.305. The molecule has 2 saturated heterocycles. The van der Waals surface area contributed by atoms with Crippen LogP contribution in [0.1, 0.15) is 29.6 Å². The van der Waals surface area contributed by atoms with E-state index in [1.165, 1.54) is 0 Å². The summed E-state index contributed by atoms with van der Waals surface area (Å²) in [6, 6.07) is 10.2. The smallest absolute Gasteiger partial charge is 0.292 e. The van der Waals surface area contributed by atoms with Gasteiger partial charge in [-0.1, -0.05) is 23.2 Å². The van der Waals surface area contributed by atoms with Crippen LogP contribution in [0, 0.1) is 10.1 Å². The number of nitro groups is 1. The first kappa shape index (κ1) is 21.7. The second kappa shape index (κ2) is 9.32. The van der Waals surface area contributed by atoms with Gasteiger partial charge in [-0.25, -0.2) is 0 Å². The van der Waals surface area contributed by atoms with Crippen LogP contribution in [0.4, 0.5) is 17.1 Å². The minimum Gasteiger partial charge on any atom is -0.368 e. The summed E-state index contributed by atoms with van der Waals surface area (Å²) >= 11 is 12.1. The second-order valence-electron chi connectivity index (χ2n) is 7.88. The molecule has 2 heterocycles. The highest BCUT2D eigenvalue weighted by molar-refractivity contribution is 6.36. The number of hydrogen-bond acceptors (Lipinski definition) is 5. The van der Waals surface area contributed by atoms with E-state index in [9.17, 15) is 14.9 Å². The Bertz CT molecular complexity index is 987. The molecule has 0 radical (unpaired) electrons. The van der Waals surface area contributed by atoms with Crippen LogP contribution in [0.5, 0.6) is 0 Å². The molecule has 4 rings (SSSR count). The van der Waals surface area contributed by atoms with E-state index in [-0.39, 0.29) is 16.5 Å². The zero-order valence-electron chi connectivity index (χ0n) is 17.1. The predicted octanol–water partition coefficient (Wildman–Crippen LogP) is 4.85. The summed E-state index contributed by atoms with van der Waals surface area (Å²) in [6.45, 7) is 4.08. The Labute approximate surface area is 191 Å². The van der Waals surface area contributed by atoms with Gasteiger partial charge < -0.3 is 14.7 Å². The van der Waals surface area contributed by atoms with Crippen LogP contribution in [-0.2, 0) is 0 Å². The summed E-state index contributed by atoms with van der Waals surface area (Å²) < 4.78 is 0. The quantitative estimate of drug-likeness (QED) is 0.479. The van der Waals surface area contributed by atoms with Gasteiger partial charge in [-0.05, 0) is 49.6 Å². The number of anilines is 2. The molecular weight excluding hydrogens is 439 g/mol. The number of carbonyl (C=O) groups excluding carboxylic acids is 1. The van der Waals surface area contributed by atoms with E-state index in [1.807, 2.05) is 6.07 Å². The summed E-state index contributed by atoms with van der Waals surface area (Å²) in [5.74, 6) is -0.112. The standard InChI is InChI=1S/C22H24Cl2N4O3/c23-16-4-6-18(19(24)14-16)22(29)27-12-10-25(11-13-27)17-5-7-20(28(30)31)21(15-17)26-8-2-1-3-9-26/h4-7,14-15H,1-3,8-13H2. The molecule has 0 aromatic heterocycles. The Hall–Kier alpha value is -2.51. The maximum atomic E-state index is 12.9. The Morgan fingerprint density at radius 1 is 0.871 bits per heavy atom. The normalized spacial score (nSPS) is 17.0. The van der Waals surface area contributed by atoms with Gasteiger partial charge in [0.1, 0.15) is 5.69 Å². The number of carbonyl (C=O) groups is 1. The van der Waals surface area contributed by atoms with E-state index in [2.05, 4.69) is 9.80 Å². The molecule has 2 aromatic rings. The predicted molar refractivity (Wildman–Crippen MR) is 124 cm³/mol. The first-order valence-corrected chi connectivity index (χ1v) is 11.2. The molecule has 0 N–H and O–H groups in total. The highest BCUT2D eigenvalue weighted by atomic mass is 35.5. The lowest BCUT2D eigenvalue weighted by Crippen LogP contribution is -2.48. The number of nitro benzene ring substituents is 1. The van der Waals surface area contributed by atoms with Gasteiger partial charge in [-0.15, -0.1) is 0 Å². The second-order valence-corrected chi connectivity index (χ2v) is 8.72. The zero-order chi connectivity index (χ0) is 22.0. The van der Waals surface area contributed by atoms with E-state index in [4.69, 9.17) is 23.2 Å². The fourth-order valence-corrected chi connectivity index (χ4v) is 4.74. The van der Waals surface area contributed by atoms with Gasteiger partial charge in [0.15, 0.2) is 0 Å². The van der Waals surface area contributed by atoms with Crippen molar-refractivity contribution < 1.29 is 9.72 Å². The summed E-state index contributed by atoms with van der Waals surface area (Å²) in [6.07, 6.45) is 3.27. The lowest BCUT2D eigenvalue weighted by atomic mass is 10.1. The van der Waals surface area contributed by atoms with E-state index in [1.54, 1.807) is 35.2 Å². The number of rotatable bonds is 4. The van der Waals surface area contributed by atoms with Crippen LogP contribution in [-0.4, -0.2) is 55.0 Å². The highest BCUT2D eigenvalue weighted by Gasteiger charge is 2.26. The average molecular weight is 463 g/mol. The Morgan fingerprint density at radius 2 is 1.58 bits per heavy atom. The Morgan fingerprint density at radius 3 is 2.23 bits per heavy atom. The SMILES string of the molecule is O=C(c1ccc(Cl)cc1Cl)N1CCN(c2ccc([N+](=O)[O-])c(N3CCCCC3)c2)CC1. The Kier molecular flexibility index (Phi) is 6.53. The molecule has 0 unspecified atom stereocenters. The monoisotopic (exact) mass is 462 g/mol. The maximum Gasteiger partial charge on any atom is 0.292 e. The first-order chi connectivity index (χ1) is 14.9. The number of amides is 1. The molecule has 0 spiro atoms. The van der Waals surface area contributed by atoms with Crippen LogP contribution < -0.4 is 9.80 Å². The van der Waals surface area contributed by atoms with E-state index < -0.39 is 0 Å². The molecule has 9 heteroatoms. The molecule has 0 bridgehead atoms. The minimum absolute atomic E-state index is 0.112. The number of hydrogen-bond donors (Lipinski definition) is 0. The van der Waals surface area contributed by atoms with Crippen molar-refractivity contribution >= 4 is 46.2 Å². The van der Waals surface area contributed by atoms with Crippen LogP contribution >= 0.6 is 23.2 Å². The third-order valence-electron chi connectivity index (χ3n) is 5.95. The van der Waals surface area contributed by atoms with Gasteiger partial charge >= 0.3 is 0 Å². The molecule has 1 amide bonds. The molecule has 0 aliphatic carbocycles. The van der Waals surface area contributed by atoms with Crippen molar-refractivity contribution in [3.05, 3.63) is 62.1 Å². The van der Waals surface area contributed by atoms with Gasteiger partial charge in [-0.3, -0.25) is 14.9 Å². The van der Waals surface area contributed by atoms with Crippen LogP contribution in [0.25, 0.3) is 0 Å². The largest absolute Gasteiger partial charge is 0.368 e. The third-order valence-corrected chi connectivity index (χ3v) is 6.49. The van der Waals surface area contributed by atoms with Crippen molar-refractivity contribution in [1.82, 2.24) is 4.90 Å². The lowest BCUT2D eigenvalue weighted by molar-refractivity contribution is -0.384. The summed E-state index contributed by atoms with van der Waals surface area (Å²) in [7, 11) is 0. The van der Waals surface area contributed by atoms with E-state index in [0.29, 0.717) is 47.5 Å². The molecular formula is C22H24Cl2N4O3. The van der Waals surface area contributed by atoms with Gasteiger partial charge in [-0.2, -0.15) is 0 Å². The molecule has 0 atom stereocenters. The maximum absolute atomic E-state index is 12.9. The Balaban J connectivity index is 1.48. The van der Waals surface area contributed by atoms with Crippen LogP contribution in [0.2, 0.25) is 10.0 Å². The number of halogens is 2. The van der Waals surface area contributed by atoms with E-state index >= 15 is 0 Å². The molecule has 2 fully saturated rings. The summed E-state index contributed by atoms with van der Waals surface area (Å²) in [4.78, 5) is 30.2. The zero-order valence-corrected chi connectivity index (χ0v) is 18.6. The average Bonchev–Trinajstić information content (AvgIpc) is 2.79. The molecule has 2 aliphatic heterocycles. The molecule has 0 saturated carbocycles. The van der Waals surface area contributed by atoms with Gasteiger partial charge in [0.2, 0.25) is 0 Å². The van der Waals surface area contributed by atoms with Crippen molar-refractivity contribution in [2.45, 2.75) is 19.3 Å². The lowest BCUT2D eigenvalue weighted by Gasteiger charge is -2.37. The number of piperidine rings is 1. The summed E-state index contributed by atoms with van der Waals surface area (Å²) in [5.41, 5.74) is 2.23. The van der Waals surface area contributed by atoms with Crippen molar-refractivity contribution in [3.8, 4) is 0 Å². The van der Waals surface area contributed by atoms with Crippen molar-refractivity contribution in [1.29, 1.82) is 0 Å². The fraction of sp³-hybridized carbons (Fsp3) is 0.409.